The second-order valence-electron chi connectivity index (χ2n) is 17.0. The largest absolute Gasteiger partial charge is 0.444 e. The van der Waals surface area contributed by atoms with Crippen LogP contribution >= 0.6 is 0 Å². The van der Waals surface area contributed by atoms with Crippen LogP contribution in [0.25, 0.3) is 0 Å². The summed E-state index contributed by atoms with van der Waals surface area (Å²) in [6, 6.07) is 6.62. The highest BCUT2D eigenvalue weighted by molar-refractivity contribution is 7.86. The second kappa shape index (κ2) is 21.9. The number of rotatable bonds is 11. The van der Waals surface area contributed by atoms with E-state index in [0.717, 1.165) is 83.0 Å². The van der Waals surface area contributed by atoms with Crippen molar-refractivity contribution in [2.45, 2.75) is 179 Å². The average molecular weight is 799 g/mol. The van der Waals surface area contributed by atoms with Crippen molar-refractivity contribution in [3.05, 3.63) is 29.8 Å². The number of piperidine rings is 2. The fourth-order valence-electron chi connectivity index (χ4n) is 6.21. The van der Waals surface area contributed by atoms with Crippen molar-refractivity contribution in [3.8, 4) is 0 Å². The number of amides is 2. The van der Waals surface area contributed by atoms with Gasteiger partial charge in [0.2, 0.25) is 0 Å². The Morgan fingerprint density at radius 1 is 0.673 bits per heavy atom. The Hall–Kier alpha value is -2.49. The van der Waals surface area contributed by atoms with E-state index < -0.39 is 21.3 Å². The third kappa shape index (κ3) is 17.7. The fourth-order valence-corrected chi connectivity index (χ4v) is 7.20. The van der Waals surface area contributed by atoms with Crippen LogP contribution in [0.1, 0.15) is 125 Å². The quantitative estimate of drug-likeness (QED) is 0.223. The van der Waals surface area contributed by atoms with Gasteiger partial charge in [0.1, 0.15) is 11.2 Å². The van der Waals surface area contributed by atoms with E-state index in [9.17, 15) is 23.1 Å². The topological polar surface area (TPSA) is 150 Å². The van der Waals surface area contributed by atoms with Crippen molar-refractivity contribution < 1.29 is 51.0 Å². The summed E-state index contributed by atoms with van der Waals surface area (Å²) in [5.74, 6) is 0. The van der Waals surface area contributed by atoms with Crippen LogP contribution in [0.3, 0.4) is 0 Å². The van der Waals surface area contributed by atoms with Crippen molar-refractivity contribution in [1.82, 2.24) is 9.80 Å². The van der Waals surface area contributed by atoms with Gasteiger partial charge in [0, 0.05) is 32.8 Å². The fraction of sp³-hybridized carbons (Fsp3) is 0.805. The summed E-state index contributed by atoms with van der Waals surface area (Å²) in [5, 5.41) is 9.22. The highest BCUT2D eigenvalue weighted by Gasteiger charge is 2.35. The van der Waals surface area contributed by atoms with Crippen LogP contribution in [0.15, 0.2) is 29.2 Å². The molecule has 0 aromatic heterocycles. The van der Waals surface area contributed by atoms with Gasteiger partial charge >= 0.3 is 12.2 Å². The molecule has 2 aliphatic carbocycles. The Bertz CT molecular complexity index is 1380. The predicted molar refractivity (Wildman–Crippen MR) is 211 cm³/mol. The average Bonchev–Trinajstić information content (AvgIpc) is 3.07. The SMILES string of the molecule is CC(C)(C)OC(=O)N1CCC(OC2CC(O)C2)CC1.CCCOC1CC(OC2CCN(C(=O)OC(C)(C)C)CC2)C1.CCCOS(=O)(=O)c1ccc(C)cc1. The number of aliphatic hydroxyl groups is 1. The summed E-state index contributed by atoms with van der Waals surface area (Å²) in [6.45, 7) is 21.1. The molecule has 0 atom stereocenters. The Morgan fingerprint density at radius 3 is 1.47 bits per heavy atom. The first-order valence-electron chi connectivity index (χ1n) is 20.3. The van der Waals surface area contributed by atoms with Gasteiger partial charge in [-0.2, -0.15) is 8.42 Å². The zero-order chi connectivity index (χ0) is 40.8. The van der Waals surface area contributed by atoms with Crippen molar-refractivity contribution >= 4 is 22.3 Å². The number of ether oxygens (including phenoxy) is 5. The molecule has 1 aromatic rings. The van der Waals surface area contributed by atoms with Crippen molar-refractivity contribution in [1.29, 1.82) is 0 Å². The molecule has 55 heavy (non-hydrogen) atoms. The number of aliphatic hydroxyl groups excluding tert-OH is 1. The van der Waals surface area contributed by atoms with Gasteiger partial charge < -0.3 is 38.6 Å². The van der Waals surface area contributed by atoms with E-state index in [1.54, 1.807) is 34.1 Å². The number of nitrogens with zero attached hydrogens (tertiary/aromatic N) is 2. The standard InChI is InChI=1S/C17H31NO4.C14H25NO4.C10H14O3S/c1-5-10-20-14-11-15(12-14)21-13-6-8-18(9-7-13)16(19)22-17(2,3)4;1-14(2,3)19-13(17)15-6-4-11(5-7-15)18-12-8-10(16)9-12;1-3-8-13-14(11,12)10-6-4-9(2)5-7-10/h13-15H,5-12H2,1-4H3;10-12,16H,4-9H2,1-3H3;4-7H,3,8H2,1-2H3. The zero-order valence-corrected chi connectivity index (χ0v) is 35.7. The third-order valence-corrected chi connectivity index (χ3v) is 10.7. The summed E-state index contributed by atoms with van der Waals surface area (Å²) in [7, 11) is -3.54. The molecule has 14 heteroatoms. The third-order valence-electron chi connectivity index (χ3n) is 9.39. The van der Waals surface area contributed by atoms with E-state index >= 15 is 0 Å². The van der Waals surface area contributed by atoms with Gasteiger partial charge in [0.25, 0.3) is 10.1 Å². The number of likely N-dealkylation sites (tertiary alicyclic amines) is 2. The molecule has 13 nitrogen and oxygen atoms in total. The molecule has 0 radical (unpaired) electrons. The molecular weight excluding hydrogens is 729 g/mol. The molecule has 2 aliphatic heterocycles. The van der Waals surface area contributed by atoms with Gasteiger partial charge in [0.05, 0.1) is 48.1 Å². The minimum Gasteiger partial charge on any atom is -0.444 e. The molecule has 1 aromatic carbocycles. The predicted octanol–water partition coefficient (Wildman–Crippen LogP) is 7.40. The van der Waals surface area contributed by atoms with Crippen LogP contribution in [0.4, 0.5) is 9.59 Å². The lowest BCUT2D eigenvalue weighted by atomic mass is 9.91. The summed E-state index contributed by atoms with van der Waals surface area (Å²) in [6.07, 6.45) is 9.66. The van der Waals surface area contributed by atoms with Gasteiger partial charge in [0.15, 0.2) is 0 Å². The van der Waals surface area contributed by atoms with Gasteiger partial charge in [-0.3, -0.25) is 4.18 Å². The summed E-state index contributed by atoms with van der Waals surface area (Å²) in [4.78, 5) is 27.6. The number of aryl methyl sites for hydroxylation is 1. The van der Waals surface area contributed by atoms with Crippen LogP contribution in [-0.4, -0.2) is 123 Å². The Morgan fingerprint density at radius 2 is 1.09 bits per heavy atom. The van der Waals surface area contributed by atoms with Gasteiger partial charge in [-0.05, 0) is 125 Å². The zero-order valence-electron chi connectivity index (χ0n) is 34.9. The van der Waals surface area contributed by atoms with E-state index in [1.165, 1.54) is 0 Å². The molecule has 2 heterocycles. The van der Waals surface area contributed by atoms with Gasteiger partial charge in [-0.15, -0.1) is 0 Å². The van der Waals surface area contributed by atoms with Crippen LogP contribution in [-0.2, 0) is 38.0 Å². The maximum absolute atomic E-state index is 12.0. The first-order valence-corrected chi connectivity index (χ1v) is 21.7. The summed E-state index contributed by atoms with van der Waals surface area (Å²) < 4.78 is 56.2. The molecule has 0 bridgehead atoms. The molecule has 2 saturated heterocycles. The highest BCUT2D eigenvalue weighted by Crippen LogP contribution is 2.30. The van der Waals surface area contributed by atoms with Crippen LogP contribution in [0.5, 0.6) is 0 Å². The van der Waals surface area contributed by atoms with Crippen LogP contribution < -0.4 is 0 Å². The molecule has 1 N–H and O–H groups in total. The maximum Gasteiger partial charge on any atom is 0.410 e. The number of carbonyl (C=O) groups is 2. The maximum atomic E-state index is 12.0. The van der Waals surface area contributed by atoms with E-state index in [0.29, 0.717) is 31.7 Å². The molecule has 0 spiro atoms. The first-order chi connectivity index (χ1) is 25.8. The van der Waals surface area contributed by atoms with Crippen molar-refractivity contribution in [2.75, 3.05) is 39.4 Å². The van der Waals surface area contributed by atoms with E-state index in [-0.39, 0.29) is 48.1 Å². The van der Waals surface area contributed by atoms with Crippen molar-refractivity contribution in [3.63, 3.8) is 0 Å². The van der Waals surface area contributed by atoms with Gasteiger partial charge in [-0.25, -0.2) is 9.59 Å². The van der Waals surface area contributed by atoms with Crippen LogP contribution in [0.2, 0.25) is 0 Å². The molecule has 4 aliphatic rings. The lowest BCUT2D eigenvalue weighted by Crippen LogP contribution is -2.46. The van der Waals surface area contributed by atoms with E-state index in [1.807, 2.05) is 55.4 Å². The normalized spacial score (nSPS) is 23.6. The second-order valence-corrected chi connectivity index (χ2v) is 18.6. The highest BCUT2D eigenvalue weighted by atomic mass is 32.2. The lowest BCUT2D eigenvalue weighted by molar-refractivity contribution is -0.134. The molecule has 2 amide bonds. The van der Waals surface area contributed by atoms with E-state index in [2.05, 4.69) is 6.92 Å². The minimum atomic E-state index is -3.54. The number of carbonyl (C=O) groups excluding carboxylic acids is 2. The van der Waals surface area contributed by atoms with E-state index in [4.69, 9.17) is 27.9 Å². The minimum absolute atomic E-state index is 0.174. The smallest absolute Gasteiger partial charge is 0.410 e. The van der Waals surface area contributed by atoms with Crippen LogP contribution in [0, 0.1) is 6.92 Å². The lowest BCUT2D eigenvalue weighted by Gasteiger charge is -2.40. The number of hydrogen-bond acceptors (Lipinski definition) is 11. The van der Waals surface area contributed by atoms with Gasteiger partial charge in [-0.1, -0.05) is 31.5 Å². The molecule has 5 rings (SSSR count). The Balaban J connectivity index is 0.000000227. The summed E-state index contributed by atoms with van der Waals surface area (Å²) >= 11 is 0. The molecule has 316 valence electrons. The number of benzene rings is 1. The first kappa shape index (κ1) is 46.9. The Labute approximate surface area is 330 Å². The summed E-state index contributed by atoms with van der Waals surface area (Å²) in [5.41, 5.74) is 0.163. The molecule has 0 unspecified atom stereocenters. The molecule has 2 saturated carbocycles. The monoisotopic (exact) mass is 798 g/mol. The van der Waals surface area contributed by atoms with Crippen molar-refractivity contribution in [2.24, 2.45) is 0 Å². The molecule has 4 fully saturated rings. The molecular formula is C41H70N2O11S. The number of hydrogen-bond donors (Lipinski definition) is 1. The Kier molecular flexibility index (Phi) is 18.6.